The number of hydrogen-bond acceptors (Lipinski definition) is 3. The molecule has 2 heterocycles. The van der Waals surface area contributed by atoms with Gasteiger partial charge in [0.2, 0.25) is 5.91 Å². The second-order valence-electron chi connectivity index (χ2n) is 4.10. The van der Waals surface area contributed by atoms with E-state index in [4.69, 9.17) is 0 Å². The van der Waals surface area contributed by atoms with Crippen molar-refractivity contribution in [1.82, 2.24) is 9.47 Å². The van der Waals surface area contributed by atoms with E-state index in [1.165, 1.54) is 10.6 Å². The van der Waals surface area contributed by atoms with Gasteiger partial charge in [-0.25, -0.2) is 0 Å². The lowest BCUT2D eigenvalue weighted by molar-refractivity contribution is -0.131. The number of aromatic nitrogens is 1. The van der Waals surface area contributed by atoms with Crippen LogP contribution < -0.4 is 5.56 Å². The molecule has 1 saturated heterocycles. The van der Waals surface area contributed by atoms with Crippen LogP contribution in [0.3, 0.4) is 0 Å². The maximum atomic E-state index is 11.9. The molecule has 92 valence electrons. The number of hydrogen-bond donors (Lipinski definition) is 1. The molecule has 2 rings (SSSR count). The molecule has 1 unspecified atom stereocenters. The zero-order chi connectivity index (χ0) is 12.4. The standard InChI is InChI=1S/C11H13BrN2O3/c12-8-1-2-10(16)14(5-8)7-11(17)13-4-3-9(15)6-13/h1-2,5,9,15H,3-4,6-7H2. The van der Waals surface area contributed by atoms with Crippen molar-refractivity contribution in [3.8, 4) is 0 Å². The number of rotatable bonds is 2. The molecule has 1 aromatic heterocycles. The molecule has 0 spiro atoms. The Bertz CT molecular complexity index is 486. The average molecular weight is 301 g/mol. The topological polar surface area (TPSA) is 62.5 Å². The van der Waals surface area contributed by atoms with Crippen molar-refractivity contribution in [2.75, 3.05) is 13.1 Å². The van der Waals surface area contributed by atoms with Crippen LogP contribution in [0.25, 0.3) is 0 Å². The van der Waals surface area contributed by atoms with E-state index in [9.17, 15) is 14.7 Å². The Morgan fingerprint density at radius 2 is 2.29 bits per heavy atom. The molecule has 1 amide bonds. The van der Waals surface area contributed by atoms with Gasteiger partial charge in [-0.2, -0.15) is 0 Å². The molecule has 1 aliphatic heterocycles. The number of likely N-dealkylation sites (tertiary alicyclic amines) is 1. The highest BCUT2D eigenvalue weighted by Gasteiger charge is 2.24. The summed E-state index contributed by atoms with van der Waals surface area (Å²) >= 11 is 3.25. The third-order valence-corrected chi connectivity index (χ3v) is 3.24. The van der Waals surface area contributed by atoms with Crippen LogP contribution in [0.5, 0.6) is 0 Å². The molecule has 1 N–H and O–H groups in total. The van der Waals surface area contributed by atoms with Crippen molar-refractivity contribution < 1.29 is 9.90 Å². The summed E-state index contributed by atoms with van der Waals surface area (Å²) in [7, 11) is 0. The van der Waals surface area contributed by atoms with Gasteiger partial charge < -0.3 is 14.6 Å². The Balaban J connectivity index is 2.08. The molecule has 1 atom stereocenters. The van der Waals surface area contributed by atoms with Crippen LogP contribution in [0, 0.1) is 0 Å². The third-order valence-electron chi connectivity index (χ3n) is 2.77. The van der Waals surface area contributed by atoms with E-state index in [2.05, 4.69) is 15.9 Å². The van der Waals surface area contributed by atoms with Crippen molar-refractivity contribution in [1.29, 1.82) is 0 Å². The predicted molar refractivity (Wildman–Crippen MR) is 65.6 cm³/mol. The van der Waals surface area contributed by atoms with Crippen LogP contribution in [-0.2, 0) is 11.3 Å². The Morgan fingerprint density at radius 3 is 2.94 bits per heavy atom. The molecule has 0 aliphatic carbocycles. The first-order valence-corrected chi connectivity index (χ1v) is 6.17. The fourth-order valence-corrected chi connectivity index (χ4v) is 2.22. The summed E-state index contributed by atoms with van der Waals surface area (Å²) in [5.41, 5.74) is -0.207. The van der Waals surface area contributed by atoms with Gasteiger partial charge in [0.25, 0.3) is 5.56 Å². The lowest BCUT2D eigenvalue weighted by Gasteiger charge is -2.16. The van der Waals surface area contributed by atoms with Crippen LogP contribution in [0.15, 0.2) is 27.6 Å². The Labute approximate surface area is 107 Å². The van der Waals surface area contributed by atoms with E-state index in [1.54, 1.807) is 17.2 Å². The Kier molecular flexibility index (Phi) is 3.63. The molecular weight excluding hydrogens is 288 g/mol. The van der Waals surface area contributed by atoms with Gasteiger partial charge in [-0.3, -0.25) is 9.59 Å². The summed E-state index contributed by atoms with van der Waals surface area (Å²) in [6, 6.07) is 3.05. The number of carbonyl (C=O) groups excluding carboxylic acids is 1. The van der Waals surface area contributed by atoms with Crippen LogP contribution in [-0.4, -0.2) is 39.7 Å². The number of aliphatic hydroxyl groups excluding tert-OH is 1. The summed E-state index contributed by atoms with van der Waals surface area (Å²) in [6.45, 7) is 0.940. The third kappa shape index (κ3) is 2.95. The van der Waals surface area contributed by atoms with E-state index in [0.717, 1.165) is 4.47 Å². The molecule has 6 heteroatoms. The second-order valence-corrected chi connectivity index (χ2v) is 5.01. The minimum absolute atomic E-state index is 0.0188. The summed E-state index contributed by atoms with van der Waals surface area (Å²) in [5.74, 6) is -0.137. The molecule has 5 nitrogen and oxygen atoms in total. The normalized spacial score (nSPS) is 19.6. The van der Waals surface area contributed by atoms with Crippen LogP contribution in [0.4, 0.5) is 0 Å². The molecule has 0 saturated carbocycles. The smallest absolute Gasteiger partial charge is 0.251 e. The van der Waals surface area contributed by atoms with Gasteiger partial charge in [-0.15, -0.1) is 0 Å². The molecule has 0 aromatic carbocycles. The number of aliphatic hydroxyl groups is 1. The highest BCUT2D eigenvalue weighted by atomic mass is 79.9. The Hall–Kier alpha value is -1.14. The van der Waals surface area contributed by atoms with E-state index >= 15 is 0 Å². The highest BCUT2D eigenvalue weighted by Crippen LogP contribution is 2.10. The number of carbonyl (C=O) groups is 1. The largest absolute Gasteiger partial charge is 0.391 e. The summed E-state index contributed by atoms with van der Waals surface area (Å²) in [4.78, 5) is 25.0. The van der Waals surface area contributed by atoms with Crippen molar-refractivity contribution in [2.45, 2.75) is 19.1 Å². The van der Waals surface area contributed by atoms with Crippen LogP contribution in [0.1, 0.15) is 6.42 Å². The van der Waals surface area contributed by atoms with E-state index < -0.39 is 6.10 Å². The summed E-state index contributed by atoms with van der Waals surface area (Å²) in [6.07, 6.45) is 1.77. The zero-order valence-corrected chi connectivity index (χ0v) is 10.8. The molecular formula is C11H13BrN2O3. The minimum atomic E-state index is -0.432. The molecule has 0 radical (unpaired) electrons. The van der Waals surface area contributed by atoms with Gasteiger partial charge in [-0.1, -0.05) is 0 Å². The van der Waals surface area contributed by atoms with Gasteiger partial charge in [0.15, 0.2) is 0 Å². The number of halogens is 1. The number of nitrogens with zero attached hydrogens (tertiary/aromatic N) is 2. The van der Waals surface area contributed by atoms with Gasteiger partial charge in [0.1, 0.15) is 6.54 Å². The maximum Gasteiger partial charge on any atom is 0.251 e. The first-order valence-electron chi connectivity index (χ1n) is 5.38. The molecule has 1 fully saturated rings. The number of amides is 1. The highest BCUT2D eigenvalue weighted by molar-refractivity contribution is 9.10. The first-order chi connectivity index (χ1) is 8.06. The minimum Gasteiger partial charge on any atom is -0.391 e. The average Bonchev–Trinajstić information content (AvgIpc) is 2.70. The number of pyridine rings is 1. The monoisotopic (exact) mass is 300 g/mol. The summed E-state index contributed by atoms with van der Waals surface area (Å²) < 4.78 is 2.11. The van der Waals surface area contributed by atoms with Crippen molar-refractivity contribution in [2.24, 2.45) is 0 Å². The van der Waals surface area contributed by atoms with Gasteiger partial charge in [-0.05, 0) is 28.4 Å². The summed E-state index contributed by atoms with van der Waals surface area (Å²) in [5, 5.41) is 9.34. The fraction of sp³-hybridized carbons (Fsp3) is 0.455. The van der Waals surface area contributed by atoms with Gasteiger partial charge in [0.05, 0.1) is 6.10 Å². The second kappa shape index (κ2) is 5.01. The number of β-amino-alcohol motifs (C(OH)–C–C–N with tert-alkyl or cyclic N) is 1. The zero-order valence-electron chi connectivity index (χ0n) is 9.17. The van der Waals surface area contributed by atoms with Gasteiger partial charge >= 0.3 is 0 Å². The van der Waals surface area contributed by atoms with Crippen molar-refractivity contribution in [3.63, 3.8) is 0 Å². The maximum absolute atomic E-state index is 11.9. The lowest BCUT2D eigenvalue weighted by Crippen LogP contribution is -2.35. The first kappa shape index (κ1) is 12.3. The van der Waals surface area contributed by atoms with Crippen molar-refractivity contribution in [3.05, 3.63) is 33.2 Å². The lowest BCUT2D eigenvalue weighted by atomic mass is 10.3. The molecule has 1 aromatic rings. The SMILES string of the molecule is O=C(Cn1cc(Br)ccc1=O)N1CCC(O)C1. The van der Waals surface area contributed by atoms with Crippen LogP contribution >= 0.6 is 15.9 Å². The fourth-order valence-electron chi connectivity index (χ4n) is 1.84. The van der Waals surface area contributed by atoms with E-state index in [-0.39, 0.29) is 18.0 Å². The molecule has 17 heavy (non-hydrogen) atoms. The van der Waals surface area contributed by atoms with Crippen molar-refractivity contribution >= 4 is 21.8 Å². The van der Waals surface area contributed by atoms with Crippen LogP contribution in [0.2, 0.25) is 0 Å². The molecule has 0 bridgehead atoms. The van der Waals surface area contributed by atoms with E-state index in [1.807, 2.05) is 0 Å². The van der Waals surface area contributed by atoms with E-state index in [0.29, 0.717) is 19.5 Å². The predicted octanol–water partition coefficient (Wildman–Crippen LogP) is 0.204. The Morgan fingerprint density at radius 1 is 1.53 bits per heavy atom. The quantitative estimate of drug-likeness (QED) is 0.849. The van der Waals surface area contributed by atoms with Gasteiger partial charge in [0, 0.05) is 29.8 Å². The molecule has 1 aliphatic rings.